The lowest BCUT2D eigenvalue weighted by atomic mass is 9.97. The molecule has 1 saturated heterocycles. The third kappa shape index (κ3) is 2.70. The molecule has 4 nitrogen and oxygen atoms in total. The Balaban J connectivity index is 1.76. The highest BCUT2D eigenvalue weighted by atomic mass is 35.5. The van der Waals surface area contributed by atoms with Crippen LogP contribution in [0.3, 0.4) is 0 Å². The number of nitrogens with zero attached hydrogens (tertiary/aromatic N) is 1. The number of hydrogen-bond acceptors (Lipinski definition) is 2. The van der Waals surface area contributed by atoms with Crippen molar-refractivity contribution in [3.8, 4) is 0 Å². The van der Waals surface area contributed by atoms with Crippen molar-refractivity contribution in [1.82, 2.24) is 10.2 Å². The fourth-order valence-corrected chi connectivity index (χ4v) is 3.65. The van der Waals surface area contributed by atoms with Crippen LogP contribution in [-0.2, 0) is 9.59 Å². The van der Waals surface area contributed by atoms with Crippen LogP contribution in [0, 0.1) is 5.92 Å². The molecule has 1 aliphatic carbocycles. The van der Waals surface area contributed by atoms with E-state index in [1.54, 1.807) is 24.8 Å². The Bertz CT molecular complexity index is 625. The van der Waals surface area contributed by atoms with E-state index in [0.29, 0.717) is 23.1 Å². The van der Waals surface area contributed by atoms with E-state index in [1.807, 2.05) is 12.1 Å². The number of amides is 2. The van der Waals surface area contributed by atoms with Crippen LogP contribution in [0.1, 0.15) is 31.7 Å². The average molecular weight is 341 g/mol. The maximum Gasteiger partial charge on any atom is 0.245 e. The van der Waals surface area contributed by atoms with Crippen LogP contribution >= 0.6 is 23.2 Å². The highest BCUT2D eigenvalue weighted by Crippen LogP contribution is 2.50. The fourth-order valence-electron chi connectivity index (χ4n) is 3.11. The second kappa shape index (κ2) is 5.43. The second-order valence-corrected chi connectivity index (χ2v) is 7.33. The molecule has 2 amide bonds. The monoisotopic (exact) mass is 340 g/mol. The third-order valence-electron chi connectivity index (χ3n) is 4.54. The van der Waals surface area contributed by atoms with Crippen LogP contribution in [0.2, 0.25) is 10.0 Å². The molecule has 1 aromatic rings. The third-order valence-corrected chi connectivity index (χ3v) is 4.97. The molecule has 1 N–H and O–H groups in total. The van der Waals surface area contributed by atoms with Crippen molar-refractivity contribution in [3.05, 3.63) is 33.8 Å². The first-order valence-corrected chi connectivity index (χ1v) is 8.12. The highest BCUT2D eigenvalue weighted by molar-refractivity contribution is 6.34. The minimum absolute atomic E-state index is 0.0425. The molecule has 0 aromatic heterocycles. The zero-order valence-corrected chi connectivity index (χ0v) is 14.0. The van der Waals surface area contributed by atoms with Crippen molar-refractivity contribution in [3.63, 3.8) is 0 Å². The molecule has 2 aliphatic rings. The predicted octanol–water partition coefficient (Wildman–Crippen LogP) is 2.83. The van der Waals surface area contributed by atoms with Gasteiger partial charge in [0.1, 0.15) is 5.54 Å². The number of nitrogens with one attached hydrogen (secondary N) is 1. The van der Waals surface area contributed by atoms with E-state index in [0.717, 1.165) is 12.0 Å². The fraction of sp³-hybridized carbons (Fsp3) is 0.500. The first kappa shape index (κ1) is 15.6. The van der Waals surface area contributed by atoms with E-state index in [4.69, 9.17) is 23.2 Å². The zero-order valence-electron chi connectivity index (χ0n) is 12.5. The first-order valence-electron chi connectivity index (χ1n) is 7.36. The van der Waals surface area contributed by atoms with Gasteiger partial charge in [-0.1, -0.05) is 23.2 Å². The van der Waals surface area contributed by atoms with Crippen LogP contribution in [0.5, 0.6) is 0 Å². The van der Waals surface area contributed by atoms with E-state index in [-0.39, 0.29) is 23.7 Å². The maximum atomic E-state index is 12.8. The van der Waals surface area contributed by atoms with Crippen LogP contribution in [0.4, 0.5) is 0 Å². The van der Waals surface area contributed by atoms with Gasteiger partial charge in [0.05, 0.1) is 0 Å². The molecule has 3 rings (SSSR count). The number of carbonyl (C=O) groups is 2. The molecule has 1 heterocycles. The standard InChI is InChI=1S/C16H18Cl2N2O2/c1-16(2)15(22)19-3-4-20(16)14(21)13-8-12(13)9-5-10(17)7-11(18)6-9/h5-7,12-13H,3-4,8H2,1-2H3,(H,19,22)/t12-,13-/m1/s1. The molecule has 1 aromatic carbocycles. The lowest BCUT2D eigenvalue weighted by molar-refractivity contribution is -0.150. The van der Waals surface area contributed by atoms with E-state index in [9.17, 15) is 9.59 Å². The summed E-state index contributed by atoms with van der Waals surface area (Å²) in [6, 6.07) is 5.41. The number of rotatable bonds is 2. The topological polar surface area (TPSA) is 49.4 Å². The first-order chi connectivity index (χ1) is 10.3. The molecule has 0 radical (unpaired) electrons. The van der Waals surface area contributed by atoms with Gasteiger partial charge in [-0.05, 0) is 49.9 Å². The smallest absolute Gasteiger partial charge is 0.245 e. The minimum atomic E-state index is -0.797. The summed E-state index contributed by atoms with van der Waals surface area (Å²) in [7, 11) is 0. The molecular formula is C16H18Cl2N2O2. The zero-order chi connectivity index (χ0) is 16.1. The summed E-state index contributed by atoms with van der Waals surface area (Å²) >= 11 is 12.1. The lowest BCUT2D eigenvalue weighted by Gasteiger charge is -2.41. The summed E-state index contributed by atoms with van der Waals surface area (Å²) in [5, 5.41) is 3.97. The van der Waals surface area contributed by atoms with Crippen LogP contribution in [-0.4, -0.2) is 35.3 Å². The number of carbonyl (C=O) groups excluding carboxylic acids is 2. The van der Waals surface area contributed by atoms with Gasteiger partial charge < -0.3 is 10.2 Å². The molecule has 22 heavy (non-hydrogen) atoms. The quantitative estimate of drug-likeness (QED) is 0.899. The van der Waals surface area contributed by atoms with Gasteiger partial charge in [-0.2, -0.15) is 0 Å². The van der Waals surface area contributed by atoms with Crippen molar-refractivity contribution in [1.29, 1.82) is 0 Å². The normalized spacial score (nSPS) is 26.5. The summed E-state index contributed by atoms with van der Waals surface area (Å²) < 4.78 is 0. The number of halogens is 2. The predicted molar refractivity (Wildman–Crippen MR) is 86.1 cm³/mol. The van der Waals surface area contributed by atoms with Crippen molar-refractivity contribution < 1.29 is 9.59 Å². The molecule has 1 aliphatic heterocycles. The SMILES string of the molecule is CC1(C)C(=O)NCCN1C(=O)[C@@H]1C[C@@H]1c1cc(Cl)cc(Cl)c1. The Labute approximate surface area is 139 Å². The number of piperazine rings is 1. The summed E-state index contributed by atoms with van der Waals surface area (Å²) in [6.45, 7) is 4.63. The Morgan fingerprint density at radius 2 is 1.91 bits per heavy atom. The van der Waals surface area contributed by atoms with Gasteiger partial charge in [0.25, 0.3) is 0 Å². The largest absolute Gasteiger partial charge is 0.352 e. The summed E-state index contributed by atoms with van der Waals surface area (Å²) in [5.41, 5.74) is 0.198. The van der Waals surface area contributed by atoms with E-state index in [1.165, 1.54) is 0 Å². The molecule has 0 unspecified atom stereocenters. The Morgan fingerprint density at radius 1 is 1.27 bits per heavy atom. The Kier molecular flexibility index (Phi) is 3.86. The Morgan fingerprint density at radius 3 is 2.55 bits per heavy atom. The van der Waals surface area contributed by atoms with E-state index < -0.39 is 5.54 Å². The average Bonchev–Trinajstić information content (AvgIpc) is 3.20. The maximum absolute atomic E-state index is 12.8. The molecule has 0 spiro atoms. The molecule has 0 bridgehead atoms. The number of hydrogen-bond donors (Lipinski definition) is 1. The van der Waals surface area contributed by atoms with Gasteiger partial charge >= 0.3 is 0 Å². The van der Waals surface area contributed by atoms with Crippen molar-refractivity contribution in [2.75, 3.05) is 13.1 Å². The van der Waals surface area contributed by atoms with Crippen LogP contribution in [0.25, 0.3) is 0 Å². The summed E-state index contributed by atoms with van der Waals surface area (Å²) in [5.74, 6) is 0.000226. The second-order valence-electron chi connectivity index (χ2n) is 6.46. The van der Waals surface area contributed by atoms with Crippen molar-refractivity contribution in [2.24, 2.45) is 5.92 Å². The highest BCUT2D eigenvalue weighted by Gasteiger charge is 2.50. The lowest BCUT2D eigenvalue weighted by Crippen LogP contribution is -2.63. The van der Waals surface area contributed by atoms with Gasteiger partial charge in [-0.15, -0.1) is 0 Å². The van der Waals surface area contributed by atoms with Gasteiger partial charge in [-0.3, -0.25) is 9.59 Å². The summed E-state index contributed by atoms with van der Waals surface area (Å²) in [6.07, 6.45) is 0.781. The van der Waals surface area contributed by atoms with E-state index >= 15 is 0 Å². The van der Waals surface area contributed by atoms with Gasteiger partial charge in [0.15, 0.2) is 0 Å². The molecular weight excluding hydrogens is 323 g/mol. The van der Waals surface area contributed by atoms with Crippen molar-refractivity contribution in [2.45, 2.75) is 31.7 Å². The molecule has 2 atom stereocenters. The van der Waals surface area contributed by atoms with Crippen molar-refractivity contribution >= 4 is 35.0 Å². The molecule has 1 saturated carbocycles. The van der Waals surface area contributed by atoms with E-state index in [2.05, 4.69) is 5.32 Å². The summed E-state index contributed by atoms with van der Waals surface area (Å²) in [4.78, 5) is 26.4. The van der Waals surface area contributed by atoms with Gasteiger partial charge in [-0.25, -0.2) is 0 Å². The van der Waals surface area contributed by atoms with Crippen LogP contribution in [0.15, 0.2) is 18.2 Å². The minimum Gasteiger partial charge on any atom is -0.352 e. The molecule has 6 heteroatoms. The van der Waals surface area contributed by atoms with Crippen LogP contribution < -0.4 is 5.32 Å². The Hall–Kier alpha value is -1.26. The van der Waals surface area contributed by atoms with Gasteiger partial charge in [0, 0.05) is 29.1 Å². The molecule has 2 fully saturated rings. The number of benzene rings is 1. The van der Waals surface area contributed by atoms with Gasteiger partial charge in [0.2, 0.25) is 11.8 Å². The molecule has 118 valence electrons.